The number of hydrogen-bond acceptors (Lipinski definition) is 5. The average Bonchev–Trinajstić information content (AvgIpc) is 2.63. The first-order valence-corrected chi connectivity index (χ1v) is 5.55. The van der Waals surface area contributed by atoms with Gasteiger partial charge in [-0.15, -0.1) is 12.4 Å². The van der Waals surface area contributed by atoms with Gasteiger partial charge in [-0.05, 0) is 13.0 Å². The van der Waals surface area contributed by atoms with Crippen molar-refractivity contribution in [3.8, 4) is 0 Å². The first kappa shape index (κ1) is 12.1. The van der Waals surface area contributed by atoms with E-state index in [-0.39, 0.29) is 12.4 Å². The van der Waals surface area contributed by atoms with E-state index in [4.69, 9.17) is 0 Å². The summed E-state index contributed by atoms with van der Waals surface area (Å²) in [4.78, 5) is 18.0. The van der Waals surface area contributed by atoms with Crippen LogP contribution in [0.3, 0.4) is 0 Å². The second-order valence-corrected chi connectivity index (χ2v) is 3.89. The fourth-order valence-corrected chi connectivity index (χ4v) is 2.05. The molecule has 0 aromatic carbocycles. The van der Waals surface area contributed by atoms with Crippen molar-refractivity contribution in [3.63, 3.8) is 0 Å². The molecule has 3 heterocycles. The Hall–Kier alpha value is -1.40. The third kappa shape index (κ3) is 2.32. The SMILES string of the molecule is Cl.c1nc(N2CCCNCC2)c2[nH]cnc2n1. The number of nitrogens with zero attached hydrogens (tertiary/aromatic N) is 4. The van der Waals surface area contributed by atoms with Crippen LogP contribution in [0.5, 0.6) is 0 Å². The van der Waals surface area contributed by atoms with Gasteiger partial charge in [-0.1, -0.05) is 0 Å². The number of imidazole rings is 1. The summed E-state index contributed by atoms with van der Waals surface area (Å²) in [6, 6.07) is 0. The van der Waals surface area contributed by atoms with Crippen molar-refractivity contribution in [2.24, 2.45) is 0 Å². The molecule has 0 spiro atoms. The van der Waals surface area contributed by atoms with Crippen LogP contribution in [0.4, 0.5) is 5.82 Å². The van der Waals surface area contributed by atoms with Gasteiger partial charge in [0, 0.05) is 19.6 Å². The number of aromatic nitrogens is 4. The van der Waals surface area contributed by atoms with E-state index in [1.54, 1.807) is 12.7 Å². The van der Waals surface area contributed by atoms with E-state index in [0.29, 0.717) is 0 Å². The molecule has 0 atom stereocenters. The fourth-order valence-electron chi connectivity index (χ4n) is 2.05. The van der Waals surface area contributed by atoms with Gasteiger partial charge in [-0.25, -0.2) is 15.0 Å². The Bertz CT molecular complexity index is 476. The summed E-state index contributed by atoms with van der Waals surface area (Å²) in [5.41, 5.74) is 1.67. The number of hydrogen-bond donors (Lipinski definition) is 2. The molecule has 1 aliphatic heterocycles. The summed E-state index contributed by atoms with van der Waals surface area (Å²) in [6.45, 7) is 4.08. The van der Waals surface area contributed by atoms with E-state index in [2.05, 4.69) is 30.2 Å². The minimum absolute atomic E-state index is 0. The quantitative estimate of drug-likeness (QED) is 0.779. The second kappa shape index (κ2) is 5.29. The maximum atomic E-state index is 4.36. The molecular formula is C10H15ClN6. The van der Waals surface area contributed by atoms with E-state index in [0.717, 1.165) is 49.6 Å². The Kier molecular flexibility index (Phi) is 3.75. The predicted octanol–water partition coefficient (Wildman–Crippen LogP) is 0.574. The van der Waals surface area contributed by atoms with Gasteiger partial charge in [0.2, 0.25) is 0 Å². The summed E-state index contributed by atoms with van der Waals surface area (Å²) in [6.07, 6.45) is 4.38. The van der Waals surface area contributed by atoms with Crippen LogP contribution < -0.4 is 10.2 Å². The van der Waals surface area contributed by atoms with Crippen LogP contribution in [0.25, 0.3) is 11.2 Å². The van der Waals surface area contributed by atoms with Crippen molar-refractivity contribution < 1.29 is 0 Å². The molecule has 6 nitrogen and oxygen atoms in total. The molecule has 0 amide bonds. The van der Waals surface area contributed by atoms with Crippen molar-refractivity contribution in [1.29, 1.82) is 0 Å². The largest absolute Gasteiger partial charge is 0.353 e. The summed E-state index contributed by atoms with van der Waals surface area (Å²) in [5.74, 6) is 0.964. The number of H-pyrrole nitrogens is 1. The number of anilines is 1. The molecule has 2 aromatic rings. The van der Waals surface area contributed by atoms with Crippen LogP contribution in [0, 0.1) is 0 Å². The average molecular weight is 255 g/mol. The maximum absolute atomic E-state index is 4.36. The van der Waals surface area contributed by atoms with E-state index in [1.807, 2.05) is 0 Å². The Morgan fingerprint density at radius 3 is 3.00 bits per heavy atom. The molecule has 1 aliphatic rings. The highest BCUT2D eigenvalue weighted by Gasteiger charge is 2.14. The zero-order valence-corrected chi connectivity index (χ0v) is 10.2. The molecule has 2 N–H and O–H groups in total. The highest BCUT2D eigenvalue weighted by molar-refractivity contribution is 5.85. The predicted molar refractivity (Wildman–Crippen MR) is 68.6 cm³/mol. The molecule has 17 heavy (non-hydrogen) atoms. The molecule has 0 aliphatic carbocycles. The van der Waals surface area contributed by atoms with E-state index in [9.17, 15) is 0 Å². The zero-order chi connectivity index (χ0) is 10.8. The molecular weight excluding hydrogens is 240 g/mol. The molecule has 92 valence electrons. The van der Waals surface area contributed by atoms with Crippen LogP contribution in [0.1, 0.15) is 6.42 Å². The molecule has 7 heteroatoms. The summed E-state index contributed by atoms with van der Waals surface area (Å²) >= 11 is 0. The van der Waals surface area contributed by atoms with Gasteiger partial charge in [0.15, 0.2) is 11.5 Å². The molecule has 1 saturated heterocycles. The van der Waals surface area contributed by atoms with Crippen LogP contribution in [-0.2, 0) is 0 Å². The van der Waals surface area contributed by atoms with E-state index >= 15 is 0 Å². The van der Waals surface area contributed by atoms with Gasteiger partial charge >= 0.3 is 0 Å². The Morgan fingerprint density at radius 1 is 1.12 bits per heavy atom. The third-order valence-corrected chi connectivity index (χ3v) is 2.84. The standard InChI is InChI=1S/C10H14N6.ClH/c1-2-11-3-5-16(4-1)10-8-9(13-6-12-8)14-7-15-10;/h6-7,11H,1-5H2,(H,12,13,14,15);1H. The maximum Gasteiger partial charge on any atom is 0.182 e. The van der Waals surface area contributed by atoms with Crippen LogP contribution >= 0.6 is 12.4 Å². The molecule has 0 radical (unpaired) electrons. The van der Waals surface area contributed by atoms with Crippen LogP contribution in [-0.4, -0.2) is 46.1 Å². The van der Waals surface area contributed by atoms with Crippen LogP contribution in [0.15, 0.2) is 12.7 Å². The molecule has 1 fully saturated rings. The summed E-state index contributed by atoms with van der Waals surface area (Å²) < 4.78 is 0. The zero-order valence-electron chi connectivity index (χ0n) is 9.39. The van der Waals surface area contributed by atoms with Gasteiger partial charge in [0.05, 0.1) is 6.33 Å². The van der Waals surface area contributed by atoms with Crippen LogP contribution in [0.2, 0.25) is 0 Å². The third-order valence-electron chi connectivity index (χ3n) is 2.84. The van der Waals surface area contributed by atoms with Gasteiger partial charge in [-0.3, -0.25) is 0 Å². The summed E-state index contributed by atoms with van der Waals surface area (Å²) in [5, 5.41) is 3.38. The summed E-state index contributed by atoms with van der Waals surface area (Å²) in [7, 11) is 0. The normalized spacial score (nSPS) is 16.6. The van der Waals surface area contributed by atoms with Gasteiger partial charge in [0.1, 0.15) is 11.8 Å². The molecule has 0 bridgehead atoms. The molecule has 0 saturated carbocycles. The first-order valence-electron chi connectivity index (χ1n) is 5.55. The molecule has 0 unspecified atom stereocenters. The number of fused-ring (bicyclic) bond motifs is 1. The topological polar surface area (TPSA) is 69.7 Å². The Balaban J connectivity index is 0.00000108. The lowest BCUT2D eigenvalue weighted by atomic mass is 10.3. The van der Waals surface area contributed by atoms with Crippen molar-refractivity contribution in [2.75, 3.05) is 31.1 Å². The fraction of sp³-hybridized carbons (Fsp3) is 0.500. The number of rotatable bonds is 1. The first-order chi connectivity index (χ1) is 7.95. The smallest absolute Gasteiger partial charge is 0.182 e. The van der Waals surface area contributed by atoms with Crippen molar-refractivity contribution in [2.45, 2.75) is 6.42 Å². The van der Waals surface area contributed by atoms with E-state index in [1.165, 1.54) is 0 Å². The highest BCUT2D eigenvalue weighted by atomic mass is 35.5. The highest BCUT2D eigenvalue weighted by Crippen LogP contribution is 2.19. The van der Waals surface area contributed by atoms with Crippen molar-refractivity contribution in [1.82, 2.24) is 25.3 Å². The lowest BCUT2D eigenvalue weighted by Crippen LogP contribution is -2.28. The van der Waals surface area contributed by atoms with E-state index < -0.39 is 0 Å². The Morgan fingerprint density at radius 2 is 2.06 bits per heavy atom. The minimum Gasteiger partial charge on any atom is -0.353 e. The van der Waals surface area contributed by atoms with Gasteiger partial charge < -0.3 is 15.2 Å². The number of aromatic amines is 1. The minimum atomic E-state index is 0. The molecule has 3 rings (SSSR count). The van der Waals surface area contributed by atoms with Crippen molar-refractivity contribution >= 4 is 29.4 Å². The van der Waals surface area contributed by atoms with Gasteiger partial charge in [0.25, 0.3) is 0 Å². The molecule has 2 aromatic heterocycles. The van der Waals surface area contributed by atoms with Gasteiger partial charge in [-0.2, -0.15) is 0 Å². The Labute approximate surface area is 105 Å². The number of nitrogens with one attached hydrogen (secondary N) is 2. The van der Waals surface area contributed by atoms with Crippen molar-refractivity contribution in [3.05, 3.63) is 12.7 Å². The second-order valence-electron chi connectivity index (χ2n) is 3.89. The lowest BCUT2D eigenvalue weighted by molar-refractivity contribution is 0.724. The lowest BCUT2D eigenvalue weighted by Gasteiger charge is -2.20. The number of halogens is 1. The monoisotopic (exact) mass is 254 g/mol.